The largest absolute Gasteiger partial charge is 0.340 e. The zero-order valence-corrected chi connectivity index (χ0v) is 12.8. The topological polar surface area (TPSA) is 94.2 Å². The summed E-state index contributed by atoms with van der Waals surface area (Å²) in [7, 11) is 0. The maximum Gasteiger partial charge on any atom is 0.307 e. The highest BCUT2D eigenvalue weighted by Crippen LogP contribution is 2.26. The van der Waals surface area contributed by atoms with Crippen molar-refractivity contribution in [2.75, 3.05) is 13.1 Å². The van der Waals surface area contributed by atoms with Crippen LogP contribution in [0.3, 0.4) is 0 Å². The predicted octanol–water partition coefficient (Wildman–Crippen LogP) is 1.51. The maximum absolute atomic E-state index is 12.3. The van der Waals surface area contributed by atoms with Crippen LogP contribution in [0.15, 0.2) is 30.7 Å². The van der Waals surface area contributed by atoms with Gasteiger partial charge in [0.2, 0.25) is 5.91 Å². The smallest absolute Gasteiger partial charge is 0.307 e. The van der Waals surface area contributed by atoms with Crippen molar-refractivity contribution in [2.45, 2.75) is 25.8 Å². The summed E-state index contributed by atoms with van der Waals surface area (Å²) < 4.78 is 1.30. The standard InChI is InChI=1S/C15H17N5O3/c1-11-2-4-16-14(6-11)12-3-5-18(8-12)15(21)10-19-9-13(7-17-19)20(22)23/h2,4,6-7,9,12H,3,5,8,10H2,1H3/t12-/m0/s1. The van der Waals surface area contributed by atoms with Crippen molar-refractivity contribution in [3.8, 4) is 0 Å². The third kappa shape index (κ3) is 3.36. The summed E-state index contributed by atoms with van der Waals surface area (Å²) in [6.45, 7) is 3.33. The Bertz CT molecular complexity index is 742. The van der Waals surface area contributed by atoms with Crippen LogP contribution in [0.5, 0.6) is 0 Å². The molecule has 2 aromatic heterocycles. The van der Waals surface area contributed by atoms with E-state index in [-0.39, 0.29) is 24.1 Å². The Morgan fingerprint density at radius 2 is 2.35 bits per heavy atom. The van der Waals surface area contributed by atoms with E-state index in [9.17, 15) is 14.9 Å². The number of hydrogen-bond acceptors (Lipinski definition) is 5. The van der Waals surface area contributed by atoms with Gasteiger partial charge >= 0.3 is 5.69 Å². The van der Waals surface area contributed by atoms with E-state index in [4.69, 9.17) is 0 Å². The third-order valence-electron chi connectivity index (χ3n) is 4.02. The lowest BCUT2D eigenvalue weighted by atomic mass is 10.0. The normalized spacial score (nSPS) is 17.4. The van der Waals surface area contributed by atoms with Gasteiger partial charge in [0.1, 0.15) is 18.9 Å². The lowest BCUT2D eigenvalue weighted by Crippen LogP contribution is -2.31. The van der Waals surface area contributed by atoms with Crippen molar-refractivity contribution in [3.05, 3.63) is 52.1 Å². The fraction of sp³-hybridized carbons (Fsp3) is 0.400. The quantitative estimate of drug-likeness (QED) is 0.629. The Morgan fingerprint density at radius 3 is 3.04 bits per heavy atom. The molecule has 1 saturated heterocycles. The highest BCUT2D eigenvalue weighted by atomic mass is 16.6. The molecule has 1 atom stereocenters. The third-order valence-corrected chi connectivity index (χ3v) is 4.02. The number of nitrogens with zero attached hydrogens (tertiary/aromatic N) is 5. The number of amides is 1. The summed E-state index contributed by atoms with van der Waals surface area (Å²) in [4.78, 5) is 28.6. The van der Waals surface area contributed by atoms with Gasteiger partial charge in [0, 0.05) is 30.9 Å². The second-order valence-electron chi connectivity index (χ2n) is 5.74. The predicted molar refractivity (Wildman–Crippen MR) is 81.8 cm³/mol. The highest BCUT2D eigenvalue weighted by Gasteiger charge is 2.28. The van der Waals surface area contributed by atoms with E-state index >= 15 is 0 Å². The Balaban J connectivity index is 1.62. The molecule has 0 unspecified atom stereocenters. The van der Waals surface area contributed by atoms with E-state index < -0.39 is 4.92 Å². The van der Waals surface area contributed by atoms with Gasteiger partial charge in [-0.25, -0.2) is 0 Å². The van der Waals surface area contributed by atoms with Gasteiger partial charge < -0.3 is 4.90 Å². The molecule has 1 aliphatic rings. The molecule has 0 saturated carbocycles. The molecule has 8 nitrogen and oxygen atoms in total. The molecule has 23 heavy (non-hydrogen) atoms. The molecule has 0 N–H and O–H groups in total. The minimum Gasteiger partial charge on any atom is -0.340 e. The average molecular weight is 315 g/mol. The van der Waals surface area contributed by atoms with Crippen LogP contribution in [0.1, 0.15) is 23.6 Å². The first-order valence-corrected chi connectivity index (χ1v) is 7.40. The van der Waals surface area contributed by atoms with Gasteiger partial charge in [0.05, 0.1) is 4.92 Å². The van der Waals surface area contributed by atoms with Gasteiger partial charge in [0.15, 0.2) is 0 Å². The van der Waals surface area contributed by atoms with Gasteiger partial charge in [-0.1, -0.05) is 0 Å². The molecule has 120 valence electrons. The minimum absolute atomic E-state index is 0.0157. The number of likely N-dealkylation sites (tertiary alicyclic amines) is 1. The van der Waals surface area contributed by atoms with E-state index in [0.29, 0.717) is 13.1 Å². The SMILES string of the molecule is Cc1ccnc([C@H]2CCN(C(=O)Cn3cc([N+](=O)[O-])cn3)C2)c1. The molecule has 3 heterocycles. The lowest BCUT2D eigenvalue weighted by Gasteiger charge is -2.16. The molecular formula is C15H17N5O3. The average Bonchev–Trinajstić information content (AvgIpc) is 3.16. The zero-order chi connectivity index (χ0) is 16.4. The number of hydrogen-bond donors (Lipinski definition) is 0. The molecular weight excluding hydrogens is 298 g/mol. The second kappa shape index (κ2) is 6.15. The van der Waals surface area contributed by atoms with Crippen molar-refractivity contribution < 1.29 is 9.72 Å². The minimum atomic E-state index is -0.525. The lowest BCUT2D eigenvalue weighted by molar-refractivity contribution is -0.385. The Hall–Kier alpha value is -2.77. The Morgan fingerprint density at radius 1 is 1.52 bits per heavy atom. The number of carbonyl (C=O) groups excluding carboxylic acids is 1. The molecule has 2 aromatic rings. The van der Waals surface area contributed by atoms with Crippen LogP contribution in [0, 0.1) is 17.0 Å². The molecule has 8 heteroatoms. The van der Waals surface area contributed by atoms with Crippen LogP contribution in [0.2, 0.25) is 0 Å². The summed E-state index contributed by atoms with van der Waals surface area (Å²) in [6, 6.07) is 4.00. The van der Waals surface area contributed by atoms with Crippen LogP contribution in [0.25, 0.3) is 0 Å². The molecule has 3 rings (SSSR count). The number of carbonyl (C=O) groups is 1. The number of pyridine rings is 1. The number of nitro groups is 1. The van der Waals surface area contributed by atoms with Crippen LogP contribution in [-0.2, 0) is 11.3 Å². The number of aryl methyl sites for hydroxylation is 1. The number of aromatic nitrogens is 3. The summed E-state index contributed by atoms with van der Waals surface area (Å²) in [5.41, 5.74) is 2.06. The Kier molecular flexibility index (Phi) is 4.05. The molecule has 1 amide bonds. The molecule has 0 radical (unpaired) electrons. The monoisotopic (exact) mass is 315 g/mol. The van der Waals surface area contributed by atoms with E-state index in [1.54, 1.807) is 11.1 Å². The van der Waals surface area contributed by atoms with E-state index in [1.165, 1.54) is 10.9 Å². The van der Waals surface area contributed by atoms with Crippen molar-refractivity contribution in [3.63, 3.8) is 0 Å². The van der Waals surface area contributed by atoms with E-state index in [2.05, 4.69) is 16.1 Å². The molecule has 0 aliphatic carbocycles. The van der Waals surface area contributed by atoms with Crippen LogP contribution < -0.4 is 0 Å². The number of rotatable bonds is 4. The summed E-state index contributed by atoms with van der Waals surface area (Å²) in [6.07, 6.45) is 5.09. The summed E-state index contributed by atoms with van der Waals surface area (Å²) >= 11 is 0. The zero-order valence-electron chi connectivity index (χ0n) is 12.8. The first-order valence-electron chi connectivity index (χ1n) is 7.40. The molecule has 1 aliphatic heterocycles. The molecule has 0 spiro atoms. The van der Waals surface area contributed by atoms with Crippen molar-refractivity contribution in [1.82, 2.24) is 19.7 Å². The van der Waals surface area contributed by atoms with Gasteiger partial charge in [-0.15, -0.1) is 0 Å². The van der Waals surface area contributed by atoms with Crippen molar-refractivity contribution in [2.24, 2.45) is 0 Å². The van der Waals surface area contributed by atoms with Gasteiger partial charge in [-0.3, -0.25) is 24.6 Å². The highest BCUT2D eigenvalue weighted by molar-refractivity contribution is 5.76. The Labute approximate surface area is 132 Å². The van der Waals surface area contributed by atoms with Crippen LogP contribution >= 0.6 is 0 Å². The van der Waals surface area contributed by atoms with E-state index in [1.807, 2.05) is 13.0 Å². The fourth-order valence-corrected chi connectivity index (χ4v) is 2.78. The molecule has 0 bridgehead atoms. The first-order chi connectivity index (χ1) is 11.0. The fourth-order valence-electron chi connectivity index (χ4n) is 2.78. The van der Waals surface area contributed by atoms with Crippen molar-refractivity contribution >= 4 is 11.6 Å². The van der Waals surface area contributed by atoms with Gasteiger partial charge in [0.25, 0.3) is 0 Å². The maximum atomic E-state index is 12.3. The van der Waals surface area contributed by atoms with Gasteiger partial charge in [-0.2, -0.15) is 5.10 Å². The molecule has 1 fully saturated rings. The summed E-state index contributed by atoms with van der Waals surface area (Å²) in [5, 5.41) is 14.5. The van der Waals surface area contributed by atoms with Gasteiger partial charge in [-0.05, 0) is 31.0 Å². The van der Waals surface area contributed by atoms with Crippen LogP contribution in [0.4, 0.5) is 5.69 Å². The van der Waals surface area contributed by atoms with Crippen LogP contribution in [-0.4, -0.2) is 43.6 Å². The molecule has 0 aromatic carbocycles. The van der Waals surface area contributed by atoms with Crippen molar-refractivity contribution in [1.29, 1.82) is 0 Å². The second-order valence-corrected chi connectivity index (χ2v) is 5.74. The van der Waals surface area contributed by atoms with E-state index in [0.717, 1.165) is 23.9 Å². The summed E-state index contributed by atoms with van der Waals surface area (Å²) in [5.74, 6) is 0.156. The first kappa shape index (κ1) is 15.1.